The van der Waals surface area contributed by atoms with E-state index in [1.54, 1.807) is 0 Å². The van der Waals surface area contributed by atoms with Gasteiger partial charge in [-0.1, -0.05) is 15.9 Å². The molecule has 1 atom stereocenters. The van der Waals surface area contributed by atoms with Crippen LogP contribution in [0.3, 0.4) is 0 Å². The second-order valence-electron chi connectivity index (χ2n) is 4.38. The van der Waals surface area contributed by atoms with Crippen molar-refractivity contribution in [1.29, 1.82) is 0 Å². The zero-order valence-corrected chi connectivity index (χ0v) is 10.4. The van der Waals surface area contributed by atoms with Gasteiger partial charge in [0.2, 0.25) is 0 Å². The predicted molar refractivity (Wildman–Crippen MR) is 61.8 cm³/mol. The van der Waals surface area contributed by atoms with Crippen molar-refractivity contribution in [2.75, 3.05) is 13.2 Å². The van der Waals surface area contributed by atoms with Crippen molar-refractivity contribution in [3.8, 4) is 5.75 Å². The molecule has 0 saturated carbocycles. The van der Waals surface area contributed by atoms with Crippen LogP contribution in [0.15, 0.2) is 22.7 Å². The lowest BCUT2D eigenvalue weighted by atomic mass is 9.72. The number of rotatable bonds is 0. The van der Waals surface area contributed by atoms with Gasteiger partial charge in [0.25, 0.3) is 0 Å². The molecule has 1 unspecified atom stereocenters. The number of Topliss-reactive ketones (excluding diaryl/α,β-unsaturated/α-hetero) is 1. The Morgan fingerprint density at radius 3 is 2.81 bits per heavy atom. The van der Waals surface area contributed by atoms with Crippen molar-refractivity contribution in [3.05, 3.63) is 28.2 Å². The van der Waals surface area contributed by atoms with Gasteiger partial charge in [0, 0.05) is 4.47 Å². The Hall–Kier alpha value is -0.870. The third-order valence-electron chi connectivity index (χ3n) is 3.44. The Balaban J connectivity index is 2.12. The smallest absolute Gasteiger partial charge is 0.181 e. The summed E-state index contributed by atoms with van der Waals surface area (Å²) in [5.74, 6) is 0.826. The summed E-state index contributed by atoms with van der Waals surface area (Å²) in [6, 6.07) is 5.54. The van der Waals surface area contributed by atoms with Gasteiger partial charge in [-0.25, -0.2) is 0 Å². The normalized spacial score (nSPS) is 25.9. The molecule has 1 aromatic rings. The molecule has 1 fully saturated rings. The average molecular weight is 283 g/mol. The van der Waals surface area contributed by atoms with E-state index in [0.29, 0.717) is 24.5 Å². The summed E-state index contributed by atoms with van der Waals surface area (Å²) in [6.45, 7) is 2.88. The minimum atomic E-state index is -0.451. The standard InChI is InChI=1S/C12H11BrO3/c1-7-12(5-15-6-12)11(14)9-4-8(13)2-3-10(9)16-7/h2-4,7H,5-6H2,1H3. The summed E-state index contributed by atoms with van der Waals surface area (Å²) in [5, 5.41) is 0. The van der Waals surface area contributed by atoms with Crippen LogP contribution >= 0.6 is 15.9 Å². The number of benzene rings is 1. The van der Waals surface area contributed by atoms with Gasteiger partial charge >= 0.3 is 0 Å². The van der Waals surface area contributed by atoms with Gasteiger partial charge in [0.15, 0.2) is 5.78 Å². The molecule has 3 rings (SSSR count). The molecule has 1 aromatic carbocycles. The molecule has 0 bridgehead atoms. The highest BCUT2D eigenvalue weighted by Gasteiger charge is 2.54. The van der Waals surface area contributed by atoms with Crippen LogP contribution in [-0.2, 0) is 4.74 Å². The first-order valence-electron chi connectivity index (χ1n) is 5.22. The quantitative estimate of drug-likeness (QED) is 0.733. The molecule has 2 heterocycles. The number of fused-ring (bicyclic) bond motifs is 1. The van der Waals surface area contributed by atoms with E-state index in [4.69, 9.17) is 9.47 Å². The Morgan fingerprint density at radius 1 is 1.44 bits per heavy atom. The van der Waals surface area contributed by atoms with E-state index in [9.17, 15) is 4.79 Å². The molecule has 0 aliphatic carbocycles. The third kappa shape index (κ3) is 1.20. The molecule has 1 saturated heterocycles. The molecule has 1 spiro atoms. The zero-order valence-electron chi connectivity index (χ0n) is 8.83. The maximum atomic E-state index is 12.4. The summed E-state index contributed by atoms with van der Waals surface area (Å²) in [5.41, 5.74) is 0.212. The lowest BCUT2D eigenvalue weighted by molar-refractivity contribution is -0.135. The van der Waals surface area contributed by atoms with Crippen molar-refractivity contribution in [1.82, 2.24) is 0 Å². The minimum absolute atomic E-state index is 0.109. The Kier molecular flexibility index (Phi) is 2.13. The molecule has 4 heteroatoms. The van der Waals surface area contributed by atoms with E-state index in [1.807, 2.05) is 25.1 Å². The maximum absolute atomic E-state index is 12.4. The molecule has 2 aliphatic rings. The van der Waals surface area contributed by atoms with E-state index >= 15 is 0 Å². The molecular weight excluding hydrogens is 272 g/mol. The average Bonchev–Trinajstić information content (AvgIpc) is 2.17. The number of ether oxygens (including phenoxy) is 2. The van der Waals surface area contributed by atoms with Crippen molar-refractivity contribution < 1.29 is 14.3 Å². The summed E-state index contributed by atoms with van der Waals surface area (Å²) in [4.78, 5) is 12.4. The minimum Gasteiger partial charge on any atom is -0.489 e. The van der Waals surface area contributed by atoms with Crippen LogP contribution in [0.4, 0.5) is 0 Å². The van der Waals surface area contributed by atoms with Gasteiger partial charge in [0.05, 0.1) is 18.8 Å². The fourth-order valence-corrected chi connectivity index (χ4v) is 2.59. The molecule has 0 aromatic heterocycles. The van der Waals surface area contributed by atoms with Crippen LogP contribution in [0.2, 0.25) is 0 Å². The molecule has 3 nitrogen and oxygen atoms in total. The second kappa shape index (κ2) is 3.31. The van der Waals surface area contributed by atoms with Crippen molar-refractivity contribution >= 4 is 21.7 Å². The molecule has 0 amide bonds. The number of hydrogen-bond donors (Lipinski definition) is 0. The highest BCUT2D eigenvalue weighted by Crippen LogP contribution is 2.44. The molecule has 84 valence electrons. The molecular formula is C12H11BrO3. The predicted octanol–water partition coefficient (Wildman–Crippen LogP) is 2.43. The first-order chi connectivity index (χ1) is 7.63. The molecule has 0 N–H and O–H groups in total. The highest BCUT2D eigenvalue weighted by atomic mass is 79.9. The first kappa shape index (κ1) is 10.3. The van der Waals surface area contributed by atoms with Crippen LogP contribution in [-0.4, -0.2) is 25.1 Å². The van der Waals surface area contributed by atoms with Crippen LogP contribution in [0.1, 0.15) is 17.3 Å². The van der Waals surface area contributed by atoms with Crippen molar-refractivity contribution in [3.63, 3.8) is 0 Å². The van der Waals surface area contributed by atoms with Gasteiger partial charge in [-0.2, -0.15) is 0 Å². The Morgan fingerprint density at radius 2 is 2.19 bits per heavy atom. The van der Waals surface area contributed by atoms with Crippen LogP contribution in [0.5, 0.6) is 5.75 Å². The topological polar surface area (TPSA) is 35.5 Å². The molecule has 16 heavy (non-hydrogen) atoms. The molecule has 0 radical (unpaired) electrons. The fourth-order valence-electron chi connectivity index (χ4n) is 2.23. The van der Waals surface area contributed by atoms with Crippen LogP contribution in [0, 0.1) is 5.41 Å². The Labute approximate surface area is 102 Å². The first-order valence-corrected chi connectivity index (χ1v) is 6.01. The van der Waals surface area contributed by atoms with Crippen LogP contribution < -0.4 is 4.74 Å². The number of hydrogen-bond acceptors (Lipinski definition) is 3. The van der Waals surface area contributed by atoms with Gasteiger partial charge in [-0.05, 0) is 25.1 Å². The van der Waals surface area contributed by atoms with E-state index in [0.717, 1.165) is 4.47 Å². The van der Waals surface area contributed by atoms with E-state index < -0.39 is 5.41 Å². The van der Waals surface area contributed by atoms with E-state index in [1.165, 1.54) is 0 Å². The van der Waals surface area contributed by atoms with Gasteiger partial charge in [-0.15, -0.1) is 0 Å². The van der Waals surface area contributed by atoms with Crippen molar-refractivity contribution in [2.45, 2.75) is 13.0 Å². The van der Waals surface area contributed by atoms with Crippen LogP contribution in [0.25, 0.3) is 0 Å². The molecule has 2 aliphatic heterocycles. The lowest BCUT2D eigenvalue weighted by Crippen LogP contribution is -2.59. The highest BCUT2D eigenvalue weighted by molar-refractivity contribution is 9.10. The number of halogens is 1. The third-order valence-corrected chi connectivity index (χ3v) is 3.93. The van der Waals surface area contributed by atoms with E-state index in [-0.39, 0.29) is 11.9 Å². The summed E-state index contributed by atoms with van der Waals surface area (Å²) in [7, 11) is 0. The Bertz CT molecular complexity index is 465. The van der Waals surface area contributed by atoms with Gasteiger partial charge in [-0.3, -0.25) is 4.79 Å². The number of carbonyl (C=O) groups excluding carboxylic acids is 1. The van der Waals surface area contributed by atoms with Crippen molar-refractivity contribution in [2.24, 2.45) is 5.41 Å². The number of carbonyl (C=O) groups is 1. The van der Waals surface area contributed by atoms with Gasteiger partial charge < -0.3 is 9.47 Å². The SMILES string of the molecule is CC1Oc2ccc(Br)cc2C(=O)C12COC2. The fraction of sp³-hybridized carbons (Fsp3) is 0.417. The maximum Gasteiger partial charge on any atom is 0.181 e. The largest absolute Gasteiger partial charge is 0.489 e. The van der Waals surface area contributed by atoms with Gasteiger partial charge in [0.1, 0.15) is 17.3 Å². The lowest BCUT2D eigenvalue weighted by Gasteiger charge is -2.46. The zero-order chi connectivity index (χ0) is 11.3. The number of ketones is 1. The summed E-state index contributed by atoms with van der Waals surface area (Å²) < 4.78 is 11.9. The summed E-state index contributed by atoms with van der Waals surface area (Å²) in [6.07, 6.45) is -0.109. The van der Waals surface area contributed by atoms with E-state index in [2.05, 4.69) is 15.9 Å². The second-order valence-corrected chi connectivity index (χ2v) is 5.29. The monoisotopic (exact) mass is 282 g/mol. The summed E-state index contributed by atoms with van der Waals surface area (Å²) >= 11 is 3.37.